The SMILES string of the molecule is CC(C)(C)OC(=O)N(C(=O)OC(C)(C)C)C(CN1CCC(O)CC1)C(=O)[N+]1(C2CCNCC2)CCCCC1. The molecule has 0 bridgehead atoms. The number of amides is 3. The average Bonchev–Trinajstić information content (AvgIpc) is 2.83. The molecule has 0 aliphatic carbocycles. The fourth-order valence-electron chi connectivity index (χ4n) is 6.01. The largest absolute Gasteiger partial charge is 0.443 e. The summed E-state index contributed by atoms with van der Waals surface area (Å²) in [7, 11) is 0. The molecule has 218 valence electrons. The number of hydrogen-bond donors (Lipinski definition) is 2. The first kappa shape index (κ1) is 30.8. The Morgan fingerprint density at radius 2 is 1.39 bits per heavy atom. The standard InChI is InChI=1S/C28H51N4O6/c1-27(2,3)37-25(35)31(26(36)38-28(4,5)6)23(20-30-16-12-22(33)13-17-30)24(34)32(18-8-7-9-19-32)21-10-14-29-15-11-21/h21-23,29,33H,7-20H2,1-6H3/q+1. The van der Waals surface area contributed by atoms with Crippen molar-refractivity contribution in [2.24, 2.45) is 0 Å². The summed E-state index contributed by atoms with van der Waals surface area (Å²) in [6, 6.07) is -0.906. The quantitative estimate of drug-likeness (QED) is 0.513. The highest BCUT2D eigenvalue weighted by Gasteiger charge is 2.53. The Hall–Kier alpha value is -1.75. The summed E-state index contributed by atoms with van der Waals surface area (Å²) in [5, 5.41) is 13.5. The Kier molecular flexibility index (Phi) is 10.2. The van der Waals surface area contributed by atoms with Gasteiger partial charge in [-0.1, -0.05) is 0 Å². The predicted octanol–water partition coefficient (Wildman–Crippen LogP) is 3.26. The second-order valence-corrected chi connectivity index (χ2v) is 13.2. The van der Waals surface area contributed by atoms with Crippen LogP contribution >= 0.6 is 0 Å². The van der Waals surface area contributed by atoms with Gasteiger partial charge in [-0.25, -0.2) is 14.4 Å². The van der Waals surface area contributed by atoms with E-state index < -0.39 is 29.4 Å². The monoisotopic (exact) mass is 539 g/mol. The molecule has 0 aromatic heterocycles. The van der Waals surface area contributed by atoms with Crippen LogP contribution in [0.15, 0.2) is 0 Å². The van der Waals surface area contributed by atoms with Gasteiger partial charge in [0.25, 0.3) is 0 Å². The van der Waals surface area contributed by atoms with Crippen LogP contribution in [0, 0.1) is 0 Å². The summed E-state index contributed by atoms with van der Waals surface area (Å²) >= 11 is 0. The minimum atomic E-state index is -1.05. The number of likely N-dealkylation sites (tertiary alicyclic amines) is 2. The van der Waals surface area contributed by atoms with Crippen LogP contribution < -0.4 is 5.32 Å². The molecule has 2 N–H and O–H groups in total. The van der Waals surface area contributed by atoms with Gasteiger partial charge < -0.3 is 24.8 Å². The van der Waals surface area contributed by atoms with Gasteiger partial charge >= 0.3 is 18.1 Å². The summed E-state index contributed by atoms with van der Waals surface area (Å²) in [6.07, 6.45) is 3.82. The van der Waals surface area contributed by atoms with Gasteiger partial charge in [0.05, 0.1) is 25.2 Å². The van der Waals surface area contributed by atoms with Gasteiger partial charge in [-0.05, 0) is 73.6 Å². The number of nitrogens with one attached hydrogen (secondary N) is 1. The van der Waals surface area contributed by atoms with Crippen LogP contribution in [0.5, 0.6) is 0 Å². The van der Waals surface area contributed by atoms with E-state index in [9.17, 15) is 19.5 Å². The van der Waals surface area contributed by atoms with E-state index in [1.165, 1.54) is 0 Å². The third kappa shape index (κ3) is 8.13. The Labute approximate surface area is 228 Å². The summed E-state index contributed by atoms with van der Waals surface area (Å²) in [5.41, 5.74) is -1.71. The minimum absolute atomic E-state index is 0.0977. The lowest BCUT2D eigenvalue weighted by molar-refractivity contribution is -0.886. The van der Waals surface area contributed by atoms with Crippen molar-refractivity contribution < 1.29 is 33.4 Å². The third-order valence-corrected chi connectivity index (χ3v) is 7.83. The Morgan fingerprint density at radius 1 is 0.895 bits per heavy atom. The number of nitrogens with zero attached hydrogens (tertiary/aromatic N) is 3. The molecule has 10 nitrogen and oxygen atoms in total. The van der Waals surface area contributed by atoms with Crippen molar-refractivity contribution in [1.82, 2.24) is 15.1 Å². The topological polar surface area (TPSA) is 108 Å². The summed E-state index contributed by atoms with van der Waals surface area (Å²) in [6.45, 7) is 15.0. The fraction of sp³-hybridized carbons (Fsp3) is 0.893. The van der Waals surface area contributed by atoms with Gasteiger partial charge in [-0.15, -0.1) is 0 Å². The first-order chi connectivity index (χ1) is 17.7. The van der Waals surface area contributed by atoms with E-state index in [0.29, 0.717) is 30.4 Å². The number of carbonyl (C=O) groups excluding carboxylic acids is 3. The van der Waals surface area contributed by atoms with Crippen LogP contribution in [0.3, 0.4) is 0 Å². The Morgan fingerprint density at radius 3 is 1.87 bits per heavy atom. The lowest BCUT2D eigenvalue weighted by Crippen LogP contribution is -2.70. The number of hydrogen-bond acceptors (Lipinski definition) is 8. The summed E-state index contributed by atoms with van der Waals surface area (Å²) in [4.78, 5) is 45.2. The number of rotatable bonds is 5. The number of piperidine rings is 3. The zero-order valence-electron chi connectivity index (χ0n) is 24.5. The lowest BCUT2D eigenvalue weighted by Gasteiger charge is -2.49. The maximum Gasteiger partial charge on any atom is 0.420 e. The molecule has 3 amide bonds. The fourth-order valence-corrected chi connectivity index (χ4v) is 6.01. The predicted molar refractivity (Wildman–Crippen MR) is 145 cm³/mol. The smallest absolute Gasteiger partial charge is 0.420 e. The molecule has 38 heavy (non-hydrogen) atoms. The van der Waals surface area contributed by atoms with E-state index in [0.717, 1.165) is 63.2 Å². The van der Waals surface area contributed by atoms with Crippen molar-refractivity contribution in [3.63, 3.8) is 0 Å². The molecule has 0 spiro atoms. The summed E-state index contributed by atoms with van der Waals surface area (Å²) < 4.78 is 11.7. The zero-order valence-corrected chi connectivity index (χ0v) is 24.5. The molecule has 3 saturated heterocycles. The van der Waals surface area contributed by atoms with Crippen LogP contribution in [0.1, 0.15) is 86.5 Å². The van der Waals surface area contributed by atoms with E-state index in [4.69, 9.17) is 9.47 Å². The second-order valence-electron chi connectivity index (χ2n) is 13.2. The maximum absolute atomic E-state index is 14.9. The molecular weight excluding hydrogens is 488 g/mol. The van der Waals surface area contributed by atoms with E-state index in [-0.39, 0.29) is 24.6 Å². The molecule has 0 saturated carbocycles. The number of imide groups is 1. The summed E-state index contributed by atoms with van der Waals surface area (Å²) in [5.74, 6) is -0.0977. The highest BCUT2D eigenvalue weighted by atomic mass is 16.6. The van der Waals surface area contributed by atoms with Crippen LogP contribution in [0.25, 0.3) is 0 Å². The normalized spacial score (nSPS) is 22.9. The molecule has 3 aliphatic heterocycles. The molecule has 1 atom stereocenters. The van der Waals surface area contributed by atoms with Crippen molar-refractivity contribution in [2.75, 3.05) is 45.8 Å². The number of ether oxygens (including phenoxy) is 2. The number of quaternary nitrogens is 1. The maximum atomic E-state index is 14.9. The molecule has 10 heteroatoms. The van der Waals surface area contributed by atoms with Crippen molar-refractivity contribution in [3.8, 4) is 0 Å². The minimum Gasteiger partial charge on any atom is -0.443 e. The van der Waals surface area contributed by atoms with Crippen molar-refractivity contribution >= 4 is 18.1 Å². The molecule has 0 aromatic carbocycles. The van der Waals surface area contributed by atoms with Crippen LogP contribution in [0.4, 0.5) is 9.59 Å². The van der Waals surface area contributed by atoms with E-state index in [1.54, 1.807) is 41.5 Å². The van der Waals surface area contributed by atoms with E-state index >= 15 is 0 Å². The first-order valence-electron chi connectivity index (χ1n) is 14.5. The van der Waals surface area contributed by atoms with Crippen LogP contribution in [-0.4, -0.2) is 113 Å². The number of aliphatic hydroxyl groups is 1. The highest BCUT2D eigenvalue weighted by molar-refractivity contribution is 5.94. The van der Waals surface area contributed by atoms with Gasteiger partial charge in [0.1, 0.15) is 11.2 Å². The molecule has 1 unspecified atom stereocenters. The van der Waals surface area contributed by atoms with Gasteiger partial charge in [0.15, 0.2) is 6.04 Å². The van der Waals surface area contributed by atoms with Crippen molar-refractivity contribution in [1.29, 1.82) is 0 Å². The molecule has 3 fully saturated rings. The van der Waals surface area contributed by atoms with Crippen molar-refractivity contribution in [2.45, 2.75) is 116 Å². The molecule has 3 heterocycles. The second kappa shape index (κ2) is 12.6. The first-order valence-corrected chi connectivity index (χ1v) is 14.5. The van der Waals surface area contributed by atoms with Gasteiger partial charge in [0.2, 0.25) is 0 Å². The average molecular weight is 540 g/mol. The van der Waals surface area contributed by atoms with Crippen LogP contribution in [-0.2, 0) is 14.3 Å². The van der Waals surface area contributed by atoms with E-state index in [2.05, 4.69) is 10.2 Å². The Bertz CT molecular complexity index is 788. The van der Waals surface area contributed by atoms with Crippen LogP contribution in [0.2, 0.25) is 0 Å². The van der Waals surface area contributed by atoms with Crippen molar-refractivity contribution in [3.05, 3.63) is 0 Å². The molecule has 3 rings (SSSR count). The number of aliphatic hydroxyl groups excluding tert-OH is 1. The van der Waals surface area contributed by atoms with Gasteiger partial charge in [-0.3, -0.25) is 4.48 Å². The highest BCUT2D eigenvalue weighted by Crippen LogP contribution is 2.32. The molecule has 0 radical (unpaired) electrons. The third-order valence-electron chi connectivity index (χ3n) is 7.83. The molecule has 3 aliphatic rings. The zero-order chi connectivity index (χ0) is 28.1. The molecule has 0 aromatic rings. The number of carbonyl (C=O) groups is 3. The van der Waals surface area contributed by atoms with E-state index in [1.807, 2.05) is 0 Å². The molecular formula is C28H51N4O6+. The van der Waals surface area contributed by atoms with Gasteiger partial charge in [-0.2, -0.15) is 4.90 Å². The van der Waals surface area contributed by atoms with Gasteiger partial charge in [0, 0.05) is 45.6 Å². The Balaban J connectivity index is 2.05. The lowest BCUT2D eigenvalue weighted by atomic mass is 9.94.